The molecule has 5 heteroatoms. The van der Waals surface area contributed by atoms with Gasteiger partial charge in [-0.3, -0.25) is 4.90 Å². The normalized spacial score (nSPS) is 15.8. The maximum absolute atomic E-state index is 9.26. The quantitative estimate of drug-likeness (QED) is 0.334. The van der Waals surface area contributed by atoms with Crippen molar-refractivity contribution in [1.29, 1.82) is 0 Å². The van der Waals surface area contributed by atoms with Gasteiger partial charge in [-0.05, 0) is 46.9 Å². The maximum Gasteiger partial charge on any atom is 0.707 e. The summed E-state index contributed by atoms with van der Waals surface area (Å²) < 4.78 is 5.14. The Labute approximate surface area is 194 Å². The molecule has 0 bridgehead atoms. The van der Waals surface area contributed by atoms with Gasteiger partial charge in [-0.2, -0.15) is 0 Å². The Balaban J connectivity index is 1.73. The average Bonchev–Trinajstić information content (AvgIpc) is 3.17. The molecule has 0 fully saturated rings. The van der Waals surface area contributed by atoms with Gasteiger partial charge in [0.05, 0.1) is 5.54 Å². The van der Waals surface area contributed by atoms with Crippen molar-refractivity contribution >= 4 is 7.32 Å². The van der Waals surface area contributed by atoms with E-state index in [4.69, 9.17) is 4.65 Å². The van der Waals surface area contributed by atoms with Crippen LogP contribution in [-0.2, 0) is 12.1 Å². The van der Waals surface area contributed by atoms with E-state index in [9.17, 15) is 10.0 Å². The van der Waals surface area contributed by atoms with Gasteiger partial charge in [0, 0.05) is 12.6 Å². The van der Waals surface area contributed by atoms with E-state index in [-0.39, 0.29) is 6.04 Å². The van der Waals surface area contributed by atoms with Crippen LogP contribution < -0.4 is 4.65 Å². The Morgan fingerprint density at radius 2 is 1.24 bits per heavy atom. The fraction of sp³-hybridized carbons (Fsp3) is 0.143. The second-order valence-corrected chi connectivity index (χ2v) is 8.42. The number of benzene rings is 4. The third kappa shape index (κ3) is 3.74. The summed E-state index contributed by atoms with van der Waals surface area (Å²) in [6.45, 7) is 2.92. The summed E-state index contributed by atoms with van der Waals surface area (Å²) in [5, 5.41) is 18.5. The number of hydrogen-bond donors (Lipinski definition) is 2. The van der Waals surface area contributed by atoms with Gasteiger partial charge in [-0.15, -0.1) is 0 Å². The summed E-state index contributed by atoms with van der Waals surface area (Å²) in [5.74, 6) is 0.447. The van der Waals surface area contributed by atoms with Gasteiger partial charge in [0.2, 0.25) is 0 Å². The van der Waals surface area contributed by atoms with E-state index in [0.29, 0.717) is 12.3 Å². The molecule has 0 aromatic heterocycles. The van der Waals surface area contributed by atoms with Crippen LogP contribution in [0.25, 0.3) is 0 Å². The van der Waals surface area contributed by atoms with Crippen molar-refractivity contribution in [1.82, 2.24) is 4.90 Å². The topological polar surface area (TPSA) is 52.9 Å². The lowest BCUT2D eigenvalue weighted by molar-refractivity contribution is 0.118. The van der Waals surface area contributed by atoms with Crippen molar-refractivity contribution in [2.45, 2.75) is 25.0 Å². The smallest absolute Gasteiger partial charge is 0.512 e. The van der Waals surface area contributed by atoms with Crippen molar-refractivity contribution in [2.24, 2.45) is 0 Å². The molecule has 0 unspecified atom stereocenters. The van der Waals surface area contributed by atoms with Gasteiger partial charge in [0.25, 0.3) is 0 Å². The second-order valence-electron chi connectivity index (χ2n) is 8.42. The zero-order chi connectivity index (χ0) is 22.8. The van der Waals surface area contributed by atoms with Gasteiger partial charge in [0.15, 0.2) is 0 Å². The lowest BCUT2D eigenvalue weighted by atomic mass is 9.75. The van der Waals surface area contributed by atoms with E-state index >= 15 is 0 Å². The minimum atomic E-state index is -1.84. The Morgan fingerprint density at radius 3 is 1.70 bits per heavy atom. The van der Waals surface area contributed by atoms with Crippen molar-refractivity contribution in [2.75, 3.05) is 0 Å². The van der Waals surface area contributed by atoms with Crippen LogP contribution in [0.4, 0.5) is 0 Å². The minimum Gasteiger partial charge on any atom is -0.512 e. The summed E-state index contributed by atoms with van der Waals surface area (Å²) >= 11 is 0. The Bertz CT molecular complexity index is 1120. The van der Waals surface area contributed by atoms with Crippen LogP contribution in [0.2, 0.25) is 0 Å². The summed E-state index contributed by atoms with van der Waals surface area (Å²) in [6.07, 6.45) is 0. The first-order valence-electron chi connectivity index (χ1n) is 11.2. The Kier molecular flexibility index (Phi) is 5.77. The molecule has 1 aliphatic heterocycles. The van der Waals surface area contributed by atoms with Crippen molar-refractivity contribution < 1.29 is 14.7 Å². The summed E-state index contributed by atoms with van der Waals surface area (Å²) in [7, 11) is -1.84. The molecular weight excluding hydrogens is 409 g/mol. The van der Waals surface area contributed by atoms with E-state index in [2.05, 4.69) is 103 Å². The molecule has 0 radical (unpaired) electrons. The lowest BCUT2D eigenvalue weighted by Crippen LogP contribution is -2.46. The monoisotopic (exact) mass is 435 g/mol. The van der Waals surface area contributed by atoms with Gasteiger partial charge < -0.3 is 14.7 Å². The van der Waals surface area contributed by atoms with Crippen LogP contribution in [0.3, 0.4) is 0 Å². The fourth-order valence-corrected chi connectivity index (χ4v) is 5.25. The van der Waals surface area contributed by atoms with E-state index in [1.165, 1.54) is 22.3 Å². The molecule has 1 atom stereocenters. The maximum atomic E-state index is 9.26. The number of rotatable bonds is 6. The zero-order valence-electron chi connectivity index (χ0n) is 18.5. The predicted molar refractivity (Wildman–Crippen MR) is 130 cm³/mol. The first-order chi connectivity index (χ1) is 16.1. The molecule has 0 spiro atoms. The minimum absolute atomic E-state index is 0.119. The van der Waals surface area contributed by atoms with Crippen molar-refractivity contribution in [3.8, 4) is 5.75 Å². The van der Waals surface area contributed by atoms with Crippen LogP contribution in [0.1, 0.15) is 40.8 Å². The van der Waals surface area contributed by atoms with E-state index in [1.807, 2.05) is 12.1 Å². The molecule has 5 rings (SSSR count). The van der Waals surface area contributed by atoms with Crippen LogP contribution >= 0.6 is 0 Å². The molecule has 4 aromatic rings. The molecular formula is C28H26BNO3. The summed E-state index contributed by atoms with van der Waals surface area (Å²) in [4.78, 5) is 2.52. The molecule has 33 heavy (non-hydrogen) atoms. The molecule has 4 aromatic carbocycles. The number of fused-ring (bicyclic) bond motifs is 1. The van der Waals surface area contributed by atoms with Crippen LogP contribution in [0, 0.1) is 0 Å². The molecule has 0 saturated carbocycles. The van der Waals surface area contributed by atoms with Crippen LogP contribution in [-0.4, -0.2) is 22.3 Å². The largest absolute Gasteiger partial charge is 0.707 e. The van der Waals surface area contributed by atoms with Crippen molar-refractivity contribution in [3.05, 3.63) is 137 Å². The van der Waals surface area contributed by atoms with Gasteiger partial charge in [-0.25, -0.2) is 0 Å². The standard InChI is InChI=1S/C28H26BNO3/c1-21-27-18-17-26(33-29(31)32)19-22(27)20-30(21)28(23-11-5-2-6-12-23,24-13-7-3-8-14-24)25-15-9-4-10-16-25/h2-19,21,31-32H,20H2,1H3/t21-/m1/s1. The molecule has 1 aliphatic rings. The molecule has 164 valence electrons. The SMILES string of the molecule is C[C@@H]1c2ccc(OB(O)O)cc2CN1C(c1ccccc1)(c1ccccc1)c1ccccc1. The third-order valence-corrected chi connectivity index (χ3v) is 6.62. The number of hydrogen-bond acceptors (Lipinski definition) is 4. The Hall–Kier alpha value is -3.38. The number of nitrogens with zero attached hydrogens (tertiary/aromatic N) is 1. The van der Waals surface area contributed by atoms with E-state index in [0.717, 1.165) is 5.56 Å². The van der Waals surface area contributed by atoms with E-state index < -0.39 is 12.9 Å². The van der Waals surface area contributed by atoms with Gasteiger partial charge in [0.1, 0.15) is 5.75 Å². The highest BCUT2D eigenvalue weighted by molar-refractivity contribution is 6.33. The molecule has 0 amide bonds. The predicted octanol–water partition coefficient (Wildman–Crippen LogP) is 4.90. The third-order valence-electron chi connectivity index (χ3n) is 6.62. The summed E-state index contributed by atoms with van der Waals surface area (Å²) in [6, 6.07) is 37.8. The van der Waals surface area contributed by atoms with Crippen LogP contribution in [0.15, 0.2) is 109 Å². The zero-order valence-corrected chi connectivity index (χ0v) is 18.5. The molecule has 0 saturated heterocycles. The lowest BCUT2D eigenvalue weighted by Gasteiger charge is -2.46. The molecule has 1 heterocycles. The highest BCUT2D eigenvalue weighted by Crippen LogP contribution is 2.50. The highest BCUT2D eigenvalue weighted by Gasteiger charge is 2.47. The first-order valence-corrected chi connectivity index (χ1v) is 11.2. The fourth-order valence-electron chi connectivity index (χ4n) is 5.25. The second kappa shape index (κ2) is 8.87. The van der Waals surface area contributed by atoms with Gasteiger partial charge in [-0.1, -0.05) is 97.1 Å². The summed E-state index contributed by atoms with van der Waals surface area (Å²) in [5.41, 5.74) is 5.41. The van der Waals surface area contributed by atoms with E-state index in [1.54, 1.807) is 6.07 Å². The molecule has 4 nitrogen and oxygen atoms in total. The van der Waals surface area contributed by atoms with Crippen LogP contribution in [0.5, 0.6) is 5.75 Å². The average molecular weight is 435 g/mol. The first kappa shape index (κ1) is 21.5. The molecule has 2 N–H and O–H groups in total. The Morgan fingerprint density at radius 1 is 0.758 bits per heavy atom. The van der Waals surface area contributed by atoms with Gasteiger partial charge >= 0.3 is 7.32 Å². The highest BCUT2D eigenvalue weighted by atomic mass is 16.6. The molecule has 0 aliphatic carbocycles. The van der Waals surface area contributed by atoms with Crippen molar-refractivity contribution in [3.63, 3.8) is 0 Å².